The van der Waals surface area contributed by atoms with Gasteiger partial charge in [0.25, 0.3) is 0 Å². The molecule has 3 aromatic rings. The van der Waals surface area contributed by atoms with Gasteiger partial charge in [0.15, 0.2) is 0 Å². The largest absolute Gasteiger partial charge is 0.364 e. The molecule has 0 amide bonds. The predicted octanol–water partition coefficient (Wildman–Crippen LogP) is 4.33. The molecule has 110 valence electrons. The van der Waals surface area contributed by atoms with E-state index in [1.54, 1.807) is 24.4 Å². The number of para-hydroxylation sites is 1. The first-order valence-electron chi connectivity index (χ1n) is 7.60. The summed E-state index contributed by atoms with van der Waals surface area (Å²) < 4.78 is 13.9. The van der Waals surface area contributed by atoms with E-state index in [1.165, 1.54) is 11.3 Å². The van der Waals surface area contributed by atoms with Crippen molar-refractivity contribution in [2.75, 3.05) is 4.90 Å². The maximum atomic E-state index is 13.9. The van der Waals surface area contributed by atoms with Gasteiger partial charge in [-0.2, -0.15) is 0 Å². The predicted molar refractivity (Wildman–Crippen MR) is 87.5 cm³/mol. The highest BCUT2D eigenvalue weighted by molar-refractivity contribution is 5.82. The van der Waals surface area contributed by atoms with Crippen molar-refractivity contribution in [3.05, 3.63) is 71.7 Å². The molecule has 1 aliphatic heterocycles. The molecule has 0 fully saturated rings. The molecule has 2 nitrogen and oxygen atoms in total. The topological polar surface area (TPSA) is 16.1 Å². The maximum Gasteiger partial charge on any atom is 0.132 e. The standard InChI is InChI=1S/C19H17FN2/c1-13-11-14-5-2-3-7-18(14)22(13)12-15-8-9-17(20)16-6-4-10-21-19(15)16/h2-10,13H,11-12H2,1H3/t13-/m0/s1. The Morgan fingerprint density at radius 3 is 2.91 bits per heavy atom. The quantitative estimate of drug-likeness (QED) is 0.699. The second-order valence-electron chi connectivity index (χ2n) is 5.92. The van der Waals surface area contributed by atoms with E-state index < -0.39 is 0 Å². The van der Waals surface area contributed by atoms with E-state index >= 15 is 0 Å². The van der Waals surface area contributed by atoms with Crippen LogP contribution in [0.15, 0.2) is 54.7 Å². The molecule has 22 heavy (non-hydrogen) atoms. The van der Waals surface area contributed by atoms with Gasteiger partial charge >= 0.3 is 0 Å². The van der Waals surface area contributed by atoms with Gasteiger partial charge in [-0.15, -0.1) is 0 Å². The van der Waals surface area contributed by atoms with E-state index in [4.69, 9.17) is 0 Å². The van der Waals surface area contributed by atoms with Crippen molar-refractivity contribution in [2.45, 2.75) is 25.9 Å². The summed E-state index contributed by atoms with van der Waals surface area (Å²) in [6.07, 6.45) is 2.79. The lowest BCUT2D eigenvalue weighted by Crippen LogP contribution is -2.28. The lowest BCUT2D eigenvalue weighted by molar-refractivity contribution is 0.637. The Balaban J connectivity index is 1.77. The molecule has 4 rings (SSSR count). The van der Waals surface area contributed by atoms with Crippen LogP contribution in [0, 0.1) is 5.82 Å². The average molecular weight is 292 g/mol. The average Bonchev–Trinajstić information content (AvgIpc) is 2.86. The zero-order valence-electron chi connectivity index (χ0n) is 12.5. The Bertz CT molecular complexity index is 844. The van der Waals surface area contributed by atoms with Crippen LogP contribution in [0.4, 0.5) is 10.1 Å². The van der Waals surface area contributed by atoms with Gasteiger partial charge in [0.1, 0.15) is 5.82 Å². The molecule has 0 saturated heterocycles. The molecule has 0 radical (unpaired) electrons. The van der Waals surface area contributed by atoms with Gasteiger partial charge < -0.3 is 4.90 Å². The van der Waals surface area contributed by atoms with Crippen LogP contribution in [-0.2, 0) is 13.0 Å². The van der Waals surface area contributed by atoms with Gasteiger partial charge in [0.2, 0.25) is 0 Å². The monoisotopic (exact) mass is 292 g/mol. The molecule has 1 aliphatic rings. The van der Waals surface area contributed by atoms with E-state index in [0.717, 1.165) is 24.0 Å². The number of hydrogen-bond acceptors (Lipinski definition) is 2. The zero-order valence-corrected chi connectivity index (χ0v) is 12.5. The summed E-state index contributed by atoms with van der Waals surface area (Å²) in [4.78, 5) is 6.78. The number of halogens is 1. The van der Waals surface area contributed by atoms with Crippen molar-refractivity contribution in [3.63, 3.8) is 0 Å². The first-order chi connectivity index (χ1) is 10.7. The van der Waals surface area contributed by atoms with Crippen molar-refractivity contribution in [1.29, 1.82) is 0 Å². The van der Waals surface area contributed by atoms with Crippen LogP contribution in [0.1, 0.15) is 18.1 Å². The molecule has 1 aromatic heterocycles. The van der Waals surface area contributed by atoms with Gasteiger partial charge in [0, 0.05) is 29.9 Å². The minimum absolute atomic E-state index is 0.207. The van der Waals surface area contributed by atoms with Crippen LogP contribution >= 0.6 is 0 Å². The van der Waals surface area contributed by atoms with Crippen LogP contribution in [0.5, 0.6) is 0 Å². The highest BCUT2D eigenvalue weighted by Crippen LogP contribution is 2.34. The summed E-state index contributed by atoms with van der Waals surface area (Å²) >= 11 is 0. The third-order valence-corrected chi connectivity index (χ3v) is 4.49. The van der Waals surface area contributed by atoms with E-state index in [1.807, 2.05) is 6.07 Å². The third-order valence-electron chi connectivity index (χ3n) is 4.49. The number of fused-ring (bicyclic) bond motifs is 2. The summed E-state index contributed by atoms with van der Waals surface area (Å²) in [5.41, 5.74) is 4.50. The molecule has 0 saturated carbocycles. The SMILES string of the molecule is C[C@H]1Cc2ccccc2N1Cc1ccc(F)c2cccnc12. The number of aromatic nitrogens is 1. The Morgan fingerprint density at radius 2 is 2.00 bits per heavy atom. The highest BCUT2D eigenvalue weighted by atomic mass is 19.1. The smallest absolute Gasteiger partial charge is 0.132 e. The fraction of sp³-hybridized carbons (Fsp3) is 0.211. The summed E-state index contributed by atoms with van der Waals surface area (Å²) in [5.74, 6) is -0.207. The summed E-state index contributed by atoms with van der Waals surface area (Å²) in [7, 11) is 0. The molecule has 2 heterocycles. The third kappa shape index (κ3) is 2.05. The Hall–Kier alpha value is -2.42. The molecule has 0 N–H and O–H groups in total. The van der Waals surface area contributed by atoms with Crippen LogP contribution in [0.2, 0.25) is 0 Å². The molecule has 2 aromatic carbocycles. The van der Waals surface area contributed by atoms with E-state index in [9.17, 15) is 4.39 Å². The molecular weight excluding hydrogens is 275 g/mol. The van der Waals surface area contributed by atoms with Gasteiger partial charge in [-0.1, -0.05) is 24.3 Å². The van der Waals surface area contributed by atoms with Crippen molar-refractivity contribution in [1.82, 2.24) is 4.98 Å². The highest BCUT2D eigenvalue weighted by Gasteiger charge is 2.26. The minimum Gasteiger partial charge on any atom is -0.364 e. The lowest BCUT2D eigenvalue weighted by Gasteiger charge is -2.25. The number of pyridine rings is 1. The first-order valence-corrected chi connectivity index (χ1v) is 7.60. The molecule has 1 atom stereocenters. The molecule has 0 bridgehead atoms. The normalized spacial score (nSPS) is 17.0. The number of nitrogens with zero attached hydrogens (tertiary/aromatic N) is 2. The molecule has 0 aliphatic carbocycles. The second-order valence-corrected chi connectivity index (χ2v) is 5.92. The molecule has 0 unspecified atom stereocenters. The van der Waals surface area contributed by atoms with E-state index in [0.29, 0.717) is 11.4 Å². The number of anilines is 1. The van der Waals surface area contributed by atoms with Gasteiger partial charge in [-0.3, -0.25) is 4.98 Å². The number of benzene rings is 2. The second kappa shape index (κ2) is 5.09. The molecule has 3 heteroatoms. The van der Waals surface area contributed by atoms with Crippen molar-refractivity contribution in [3.8, 4) is 0 Å². The van der Waals surface area contributed by atoms with Crippen molar-refractivity contribution < 1.29 is 4.39 Å². The van der Waals surface area contributed by atoms with Crippen molar-refractivity contribution >= 4 is 16.6 Å². The summed E-state index contributed by atoms with van der Waals surface area (Å²) in [6, 6.07) is 15.9. The van der Waals surface area contributed by atoms with Crippen LogP contribution in [-0.4, -0.2) is 11.0 Å². The van der Waals surface area contributed by atoms with Crippen LogP contribution < -0.4 is 4.90 Å². The zero-order chi connectivity index (χ0) is 15.1. The molecule has 0 spiro atoms. The maximum absolute atomic E-state index is 13.9. The van der Waals surface area contributed by atoms with Crippen LogP contribution in [0.3, 0.4) is 0 Å². The van der Waals surface area contributed by atoms with E-state index in [2.05, 4.69) is 41.1 Å². The fourth-order valence-corrected chi connectivity index (χ4v) is 3.38. The van der Waals surface area contributed by atoms with Crippen molar-refractivity contribution in [2.24, 2.45) is 0 Å². The lowest BCUT2D eigenvalue weighted by atomic mass is 10.1. The summed E-state index contributed by atoms with van der Waals surface area (Å²) in [6.45, 7) is 2.99. The van der Waals surface area contributed by atoms with Crippen LogP contribution in [0.25, 0.3) is 10.9 Å². The Morgan fingerprint density at radius 1 is 1.14 bits per heavy atom. The van der Waals surface area contributed by atoms with Gasteiger partial charge in [-0.25, -0.2) is 4.39 Å². The van der Waals surface area contributed by atoms with Gasteiger partial charge in [-0.05, 0) is 48.7 Å². The van der Waals surface area contributed by atoms with E-state index in [-0.39, 0.29) is 5.82 Å². The molecular formula is C19H17FN2. The first kappa shape index (κ1) is 13.3. The minimum atomic E-state index is -0.207. The number of rotatable bonds is 2. The Labute approximate surface area is 129 Å². The number of hydrogen-bond donors (Lipinski definition) is 0. The summed E-state index contributed by atoms with van der Waals surface area (Å²) in [5, 5.41) is 0.597. The van der Waals surface area contributed by atoms with Gasteiger partial charge in [0.05, 0.1) is 5.52 Å². The fourth-order valence-electron chi connectivity index (χ4n) is 3.38. The Kier molecular flexibility index (Phi) is 3.07.